The maximum absolute atomic E-state index is 13.4. The number of hydrogen-bond acceptors (Lipinski definition) is 7. The Bertz CT molecular complexity index is 1620. The van der Waals surface area contributed by atoms with Crippen molar-refractivity contribution >= 4 is 46.8 Å². The maximum Gasteiger partial charge on any atom is 0.276 e. The van der Waals surface area contributed by atoms with Crippen LogP contribution in [0.5, 0.6) is 5.75 Å². The molecule has 0 aliphatic heterocycles. The van der Waals surface area contributed by atoms with Crippen molar-refractivity contribution in [3.8, 4) is 5.75 Å². The third-order valence-corrected chi connectivity index (χ3v) is 6.81. The van der Waals surface area contributed by atoms with Gasteiger partial charge in [-0.05, 0) is 54.6 Å². The predicted molar refractivity (Wildman–Crippen MR) is 158 cm³/mol. The van der Waals surface area contributed by atoms with Crippen LogP contribution < -0.4 is 15.4 Å². The second kappa shape index (κ2) is 13.7. The molecule has 10 heteroatoms. The molecule has 0 fully saturated rings. The number of carbonyl (C=O) groups excluding carboxylic acids is 3. The lowest BCUT2D eigenvalue weighted by atomic mass is 10.1. The largest absolute Gasteiger partial charge is 0.497 e. The van der Waals surface area contributed by atoms with Crippen LogP contribution in [0, 0.1) is 10.1 Å². The number of anilines is 1. The number of Topliss-reactive ketones (excluding diaryl/α,β-unsaturated/α-hetero) is 1. The number of methoxy groups -OCH3 is 1. The van der Waals surface area contributed by atoms with Crippen LogP contribution >= 0.6 is 11.8 Å². The minimum Gasteiger partial charge on any atom is -0.497 e. The molecule has 2 amide bonds. The fourth-order valence-corrected chi connectivity index (χ4v) is 4.61. The topological polar surface area (TPSA) is 128 Å². The van der Waals surface area contributed by atoms with Gasteiger partial charge in [-0.15, -0.1) is 11.8 Å². The number of nitro groups is 1. The van der Waals surface area contributed by atoms with Gasteiger partial charge in [0.2, 0.25) is 0 Å². The molecule has 4 aromatic rings. The van der Waals surface area contributed by atoms with Gasteiger partial charge in [0.1, 0.15) is 11.4 Å². The zero-order valence-corrected chi connectivity index (χ0v) is 22.7. The lowest BCUT2D eigenvalue weighted by Crippen LogP contribution is -2.30. The fourth-order valence-electron chi connectivity index (χ4n) is 3.76. The number of benzene rings is 4. The molecule has 0 aliphatic carbocycles. The van der Waals surface area contributed by atoms with E-state index in [1.807, 2.05) is 0 Å². The van der Waals surface area contributed by atoms with E-state index in [4.69, 9.17) is 4.74 Å². The fraction of sp³-hybridized carbons (Fsp3) is 0.0645. The molecule has 0 saturated heterocycles. The van der Waals surface area contributed by atoms with E-state index >= 15 is 0 Å². The van der Waals surface area contributed by atoms with Gasteiger partial charge < -0.3 is 15.4 Å². The second-order valence-electron chi connectivity index (χ2n) is 8.62. The highest BCUT2D eigenvalue weighted by molar-refractivity contribution is 8.00. The number of ketones is 1. The Morgan fingerprint density at radius 1 is 0.878 bits per heavy atom. The van der Waals surface area contributed by atoms with Gasteiger partial charge in [0.25, 0.3) is 17.5 Å². The molecule has 0 unspecified atom stereocenters. The van der Waals surface area contributed by atoms with E-state index < -0.39 is 16.7 Å². The van der Waals surface area contributed by atoms with Gasteiger partial charge in [-0.3, -0.25) is 24.5 Å². The molecule has 0 spiro atoms. The van der Waals surface area contributed by atoms with Gasteiger partial charge in [-0.1, -0.05) is 48.5 Å². The minimum atomic E-state index is -0.679. The van der Waals surface area contributed by atoms with E-state index in [0.29, 0.717) is 22.6 Å². The van der Waals surface area contributed by atoms with Crippen LogP contribution in [0.2, 0.25) is 0 Å². The third-order valence-electron chi connectivity index (χ3n) is 5.82. The molecular weight excluding hydrogens is 542 g/mol. The summed E-state index contributed by atoms with van der Waals surface area (Å²) >= 11 is 1.30. The first-order chi connectivity index (χ1) is 19.8. The van der Waals surface area contributed by atoms with Crippen molar-refractivity contribution in [3.05, 3.63) is 136 Å². The standard InChI is InChI=1S/C31H25N3O6S/c1-40-25-14-7-12-23(17-25)29(35)20-41-26-15-8-13-24(19-26)32-31(37)27(33-30(36)21-9-3-2-4-10-21)18-22-11-5-6-16-28(22)34(38)39/h2-19H,20H2,1H3,(H,32,37)(H,33,36)/b27-18-. The SMILES string of the molecule is COc1cccc(C(=O)CSc2cccc(NC(=O)/C(=C/c3ccccc3[N+](=O)[O-])NC(=O)c3ccccc3)c2)c1. The number of carbonyl (C=O) groups is 3. The number of nitrogens with one attached hydrogen (secondary N) is 2. The number of rotatable bonds is 11. The van der Waals surface area contributed by atoms with Gasteiger partial charge in [-0.25, -0.2) is 0 Å². The number of nitro benzene ring substituents is 1. The molecule has 0 radical (unpaired) electrons. The van der Waals surface area contributed by atoms with E-state index in [-0.39, 0.29) is 28.5 Å². The summed E-state index contributed by atoms with van der Waals surface area (Å²) in [5, 5.41) is 16.8. The van der Waals surface area contributed by atoms with Crippen LogP contribution in [0.25, 0.3) is 6.08 Å². The molecule has 0 bridgehead atoms. The smallest absolute Gasteiger partial charge is 0.276 e. The molecule has 4 aromatic carbocycles. The molecule has 4 rings (SSSR count). The van der Waals surface area contributed by atoms with E-state index in [1.165, 1.54) is 43.1 Å². The summed E-state index contributed by atoms with van der Waals surface area (Å²) in [6, 6.07) is 28.0. The van der Waals surface area contributed by atoms with Crippen molar-refractivity contribution < 1.29 is 24.0 Å². The van der Waals surface area contributed by atoms with Gasteiger partial charge >= 0.3 is 0 Å². The van der Waals surface area contributed by atoms with Crippen LogP contribution in [0.3, 0.4) is 0 Å². The quantitative estimate of drug-likeness (QED) is 0.0749. The molecular formula is C31H25N3O6S. The maximum atomic E-state index is 13.4. The van der Waals surface area contributed by atoms with Gasteiger partial charge in [0, 0.05) is 27.8 Å². The second-order valence-corrected chi connectivity index (χ2v) is 9.67. The number of amides is 2. The molecule has 0 heterocycles. The summed E-state index contributed by atoms with van der Waals surface area (Å²) in [5.74, 6) is -0.551. The van der Waals surface area contributed by atoms with E-state index in [0.717, 1.165) is 4.90 Å². The summed E-state index contributed by atoms with van der Waals surface area (Å²) in [6.07, 6.45) is 1.26. The number of ether oxygens (including phenoxy) is 1. The molecule has 9 nitrogen and oxygen atoms in total. The Balaban J connectivity index is 1.53. The van der Waals surface area contributed by atoms with Crippen molar-refractivity contribution in [2.45, 2.75) is 4.90 Å². The average molecular weight is 568 g/mol. The van der Waals surface area contributed by atoms with E-state index in [2.05, 4.69) is 10.6 Å². The third kappa shape index (κ3) is 7.90. The summed E-state index contributed by atoms with van der Waals surface area (Å²) < 4.78 is 5.18. The monoisotopic (exact) mass is 567 g/mol. The summed E-state index contributed by atoms with van der Waals surface area (Å²) in [5.41, 5.74) is 1.01. The van der Waals surface area contributed by atoms with E-state index in [1.54, 1.807) is 84.9 Å². The highest BCUT2D eigenvalue weighted by atomic mass is 32.2. The number of nitrogens with zero attached hydrogens (tertiary/aromatic N) is 1. The zero-order chi connectivity index (χ0) is 29.2. The Morgan fingerprint density at radius 3 is 2.34 bits per heavy atom. The Morgan fingerprint density at radius 2 is 1.59 bits per heavy atom. The summed E-state index contributed by atoms with van der Waals surface area (Å²) in [7, 11) is 1.53. The van der Waals surface area contributed by atoms with Crippen molar-refractivity contribution in [1.29, 1.82) is 0 Å². The zero-order valence-electron chi connectivity index (χ0n) is 21.9. The summed E-state index contributed by atoms with van der Waals surface area (Å²) in [6.45, 7) is 0. The first-order valence-corrected chi connectivity index (χ1v) is 13.4. The van der Waals surface area contributed by atoms with Gasteiger partial charge in [0.05, 0.1) is 23.3 Å². The van der Waals surface area contributed by atoms with Crippen LogP contribution in [0.4, 0.5) is 11.4 Å². The lowest BCUT2D eigenvalue weighted by Gasteiger charge is -2.12. The molecule has 0 saturated carbocycles. The first kappa shape index (κ1) is 28.8. The van der Waals surface area contributed by atoms with Crippen molar-refractivity contribution in [2.75, 3.05) is 18.2 Å². The minimum absolute atomic E-state index is 0.0818. The van der Waals surface area contributed by atoms with Crippen LogP contribution in [-0.4, -0.2) is 35.4 Å². The van der Waals surface area contributed by atoms with E-state index in [9.17, 15) is 24.5 Å². The molecule has 0 atom stereocenters. The normalized spacial score (nSPS) is 10.9. The van der Waals surface area contributed by atoms with Crippen LogP contribution in [0.1, 0.15) is 26.3 Å². The number of thioether (sulfide) groups is 1. The Labute approximate surface area is 240 Å². The number of hydrogen-bond donors (Lipinski definition) is 2. The highest BCUT2D eigenvalue weighted by Crippen LogP contribution is 2.25. The van der Waals surface area contributed by atoms with Gasteiger partial charge in [0.15, 0.2) is 5.78 Å². The van der Waals surface area contributed by atoms with Crippen molar-refractivity contribution in [1.82, 2.24) is 5.32 Å². The molecule has 0 aromatic heterocycles. The molecule has 206 valence electrons. The Kier molecular flexibility index (Phi) is 9.63. The molecule has 0 aliphatic rings. The van der Waals surface area contributed by atoms with Gasteiger partial charge in [-0.2, -0.15) is 0 Å². The number of para-hydroxylation sites is 1. The Hall–Kier alpha value is -5.22. The average Bonchev–Trinajstić information content (AvgIpc) is 3.00. The highest BCUT2D eigenvalue weighted by Gasteiger charge is 2.18. The van der Waals surface area contributed by atoms with Crippen LogP contribution in [0.15, 0.2) is 114 Å². The first-order valence-electron chi connectivity index (χ1n) is 12.4. The van der Waals surface area contributed by atoms with Crippen molar-refractivity contribution in [2.24, 2.45) is 0 Å². The van der Waals surface area contributed by atoms with Crippen LogP contribution in [-0.2, 0) is 4.79 Å². The predicted octanol–water partition coefficient (Wildman–Crippen LogP) is 5.99. The molecule has 2 N–H and O–H groups in total. The molecule has 41 heavy (non-hydrogen) atoms. The summed E-state index contributed by atoms with van der Waals surface area (Å²) in [4.78, 5) is 50.6. The lowest BCUT2D eigenvalue weighted by molar-refractivity contribution is -0.385. The van der Waals surface area contributed by atoms with Crippen molar-refractivity contribution in [3.63, 3.8) is 0 Å².